The van der Waals surface area contributed by atoms with E-state index in [9.17, 15) is 19.0 Å². The van der Waals surface area contributed by atoms with Crippen LogP contribution in [0.4, 0.5) is 0 Å². The Morgan fingerprint density at radius 1 is 0.360 bits per heavy atom. The third-order valence-electron chi connectivity index (χ3n) is 14.7. The van der Waals surface area contributed by atoms with E-state index in [-0.39, 0.29) is 32.0 Å². The molecule has 0 aliphatic carbocycles. The second-order valence-electron chi connectivity index (χ2n) is 24.2. The van der Waals surface area contributed by atoms with Gasteiger partial charge in [0.2, 0.25) is 0 Å². The molecule has 10 heteroatoms. The number of likely N-dealkylation sites (N-methyl/N-ethyl adjacent to an activating group) is 1. The second-order valence-corrected chi connectivity index (χ2v) is 25.6. The van der Waals surface area contributed by atoms with Crippen LogP contribution in [0.5, 0.6) is 0 Å². The van der Waals surface area contributed by atoms with Crippen LogP contribution in [0, 0.1) is 0 Å². The van der Waals surface area contributed by atoms with E-state index in [1.54, 1.807) is 0 Å². The number of rotatable bonds is 63. The van der Waals surface area contributed by atoms with Crippen LogP contribution in [0.2, 0.25) is 0 Å². The lowest BCUT2D eigenvalue weighted by atomic mass is 10.0. The third kappa shape index (κ3) is 69.3. The van der Waals surface area contributed by atoms with E-state index in [1.807, 2.05) is 21.1 Å². The zero-order valence-corrected chi connectivity index (χ0v) is 56.9. The molecular formula is C76H131NO8P+. The molecule has 0 heterocycles. The van der Waals surface area contributed by atoms with E-state index < -0.39 is 26.5 Å². The van der Waals surface area contributed by atoms with E-state index in [0.29, 0.717) is 17.4 Å². The number of unbranched alkanes of at least 4 members (excludes halogenated alkanes) is 27. The highest BCUT2D eigenvalue weighted by Crippen LogP contribution is 2.43. The quantitative estimate of drug-likeness (QED) is 0.0211. The van der Waals surface area contributed by atoms with E-state index in [2.05, 4.69) is 148 Å². The van der Waals surface area contributed by atoms with Crippen molar-refractivity contribution in [2.75, 3.05) is 47.5 Å². The second kappa shape index (κ2) is 65.6. The summed E-state index contributed by atoms with van der Waals surface area (Å²) < 4.78 is 34.6. The first kappa shape index (κ1) is 82.1. The summed E-state index contributed by atoms with van der Waals surface area (Å²) >= 11 is 0. The summed E-state index contributed by atoms with van der Waals surface area (Å²) in [7, 11) is 1.44. The molecular weight excluding hydrogens is 1090 g/mol. The molecule has 9 nitrogen and oxygen atoms in total. The predicted octanol–water partition coefficient (Wildman–Crippen LogP) is 22.8. The Bertz CT molecular complexity index is 1910. The lowest BCUT2D eigenvalue weighted by Gasteiger charge is -2.24. The largest absolute Gasteiger partial charge is 0.472 e. The topological polar surface area (TPSA) is 108 Å². The maximum atomic E-state index is 12.8. The molecule has 0 amide bonds. The molecule has 2 unspecified atom stereocenters. The smallest absolute Gasteiger partial charge is 0.462 e. The number of hydrogen-bond donors (Lipinski definition) is 1. The van der Waals surface area contributed by atoms with Gasteiger partial charge in [-0.2, -0.15) is 0 Å². The minimum atomic E-state index is -4.41. The number of phosphoric acid groups is 1. The van der Waals surface area contributed by atoms with Crippen LogP contribution in [0.1, 0.15) is 284 Å². The Labute approximate surface area is 530 Å². The van der Waals surface area contributed by atoms with Crippen LogP contribution in [0.3, 0.4) is 0 Å². The summed E-state index contributed by atoms with van der Waals surface area (Å²) in [6, 6.07) is 0. The number of carbonyl (C=O) groups is 2. The van der Waals surface area contributed by atoms with Crippen LogP contribution in [0.15, 0.2) is 134 Å². The number of nitrogens with zero attached hydrogens (tertiary/aromatic N) is 1. The Balaban J connectivity index is 3.98. The molecule has 0 fully saturated rings. The molecule has 86 heavy (non-hydrogen) atoms. The van der Waals surface area contributed by atoms with Crippen LogP contribution in [-0.4, -0.2) is 74.9 Å². The molecule has 0 saturated heterocycles. The highest BCUT2D eigenvalue weighted by Gasteiger charge is 2.27. The maximum Gasteiger partial charge on any atom is 0.472 e. The van der Waals surface area contributed by atoms with Gasteiger partial charge in [0.25, 0.3) is 0 Å². The van der Waals surface area contributed by atoms with Crippen molar-refractivity contribution in [1.82, 2.24) is 0 Å². The maximum absolute atomic E-state index is 12.8. The van der Waals surface area contributed by atoms with Gasteiger partial charge in [-0.1, -0.05) is 295 Å². The van der Waals surface area contributed by atoms with Gasteiger partial charge < -0.3 is 18.9 Å². The molecule has 0 aliphatic heterocycles. The van der Waals surface area contributed by atoms with Gasteiger partial charge in [0.1, 0.15) is 19.8 Å². The summed E-state index contributed by atoms with van der Waals surface area (Å²) in [5.41, 5.74) is 0. The van der Waals surface area contributed by atoms with Crippen molar-refractivity contribution in [3.63, 3.8) is 0 Å². The molecule has 0 aromatic carbocycles. The standard InChI is InChI=1S/C76H130NO8P/c1-6-8-10-12-14-16-18-20-22-24-26-28-29-30-31-32-33-34-35-36-37-38-39-40-41-42-43-44-45-46-47-49-50-52-54-56-58-60-62-64-66-68-75(78)82-72-74(73-84-86(80,81)83-71-70-77(3,4)5)85-76(79)69-67-65-63-61-59-57-55-53-51-48-27-25-23-21-19-17-15-13-11-9-7-2/h8-11,14-17,20-23,26-28,30-31,48,53,55,59,61,74H,6-7,12-13,18-19,24-25,29,32-47,49-52,54,56-58,60,62-73H2,1-5H3/p+1/b10-8-,11-9-,16-14-,17-15-,22-20-,23-21-,28-26-,31-30-,48-27-,55-53-,61-59-. The number of phosphoric ester groups is 1. The normalized spacial score (nSPS) is 14.0. The summed E-state index contributed by atoms with van der Waals surface area (Å²) in [4.78, 5) is 35.8. The molecule has 0 rings (SSSR count). The Morgan fingerprint density at radius 2 is 0.628 bits per heavy atom. The van der Waals surface area contributed by atoms with Crippen LogP contribution in [0.25, 0.3) is 0 Å². The van der Waals surface area contributed by atoms with Crippen molar-refractivity contribution < 1.29 is 42.1 Å². The SMILES string of the molecule is CC/C=C\C/C=C\C/C=C\C/C=C\C/C=C\C/C=C\CCCCC(=O)OC(COC(=O)CCCCCCCCCCCCCCCCCCCCCCCCCCC/C=C\C/C=C\C/C=C\C/C=C\C/C=C\CC)COP(=O)(O)OCC[N+](C)(C)C. The molecule has 0 saturated carbocycles. The lowest BCUT2D eigenvalue weighted by Crippen LogP contribution is -2.37. The molecule has 0 bridgehead atoms. The van der Waals surface area contributed by atoms with Gasteiger partial charge in [-0.15, -0.1) is 0 Å². The molecule has 0 aliphatic rings. The highest BCUT2D eigenvalue weighted by molar-refractivity contribution is 7.47. The lowest BCUT2D eigenvalue weighted by molar-refractivity contribution is -0.870. The molecule has 2 atom stereocenters. The summed E-state index contributed by atoms with van der Waals surface area (Å²) in [6.07, 6.45) is 95.8. The monoisotopic (exact) mass is 1220 g/mol. The van der Waals surface area contributed by atoms with Gasteiger partial charge in [-0.3, -0.25) is 18.6 Å². The van der Waals surface area contributed by atoms with Crippen molar-refractivity contribution in [2.24, 2.45) is 0 Å². The minimum absolute atomic E-state index is 0.0184. The first-order valence-corrected chi connectivity index (χ1v) is 36.4. The highest BCUT2D eigenvalue weighted by atomic mass is 31.2. The van der Waals surface area contributed by atoms with Crippen LogP contribution in [-0.2, 0) is 32.7 Å². The number of hydrogen-bond acceptors (Lipinski definition) is 7. The fraction of sp³-hybridized carbons (Fsp3) is 0.684. The van der Waals surface area contributed by atoms with E-state index >= 15 is 0 Å². The third-order valence-corrected chi connectivity index (χ3v) is 15.7. The van der Waals surface area contributed by atoms with E-state index in [1.165, 1.54) is 148 Å². The fourth-order valence-electron chi connectivity index (χ4n) is 9.40. The number of esters is 2. The van der Waals surface area contributed by atoms with E-state index in [4.69, 9.17) is 18.5 Å². The van der Waals surface area contributed by atoms with Crippen molar-refractivity contribution in [3.05, 3.63) is 134 Å². The van der Waals surface area contributed by atoms with Crippen molar-refractivity contribution in [2.45, 2.75) is 290 Å². The van der Waals surface area contributed by atoms with Crippen molar-refractivity contribution >= 4 is 19.8 Å². The number of quaternary nitrogens is 1. The Morgan fingerprint density at radius 3 is 0.953 bits per heavy atom. The zero-order chi connectivity index (χ0) is 62.6. The first-order valence-electron chi connectivity index (χ1n) is 34.9. The predicted molar refractivity (Wildman–Crippen MR) is 371 cm³/mol. The van der Waals surface area contributed by atoms with Crippen molar-refractivity contribution in [1.29, 1.82) is 0 Å². The average Bonchev–Trinajstić information content (AvgIpc) is 3.67. The molecule has 0 aromatic heterocycles. The Hall–Kier alpha value is -3.85. The van der Waals surface area contributed by atoms with Crippen LogP contribution >= 0.6 is 7.82 Å². The van der Waals surface area contributed by atoms with Gasteiger partial charge >= 0.3 is 19.8 Å². The zero-order valence-electron chi connectivity index (χ0n) is 56.0. The number of ether oxygens (including phenoxy) is 2. The van der Waals surface area contributed by atoms with Crippen LogP contribution < -0.4 is 0 Å². The minimum Gasteiger partial charge on any atom is -0.462 e. The fourth-order valence-corrected chi connectivity index (χ4v) is 10.1. The van der Waals surface area contributed by atoms with Gasteiger partial charge in [-0.05, 0) is 109 Å². The average molecular weight is 1220 g/mol. The van der Waals surface area contributed by atoms with Gasteiger partial charge in [0.05, 0.1) is 27.7 Å². The van der Waals surface area contributed by atoms with E-state index in [0.717, 1.165) is 103 Å². The van der Waals surface area contributed by atoms with Gasteiger partial charge in [0.15, 0.2) is 6.10 Å². The summed E-state index contributed by atoms with van der Waals surface area (Å²) in [5.74, 6) is -0.846. The molecule has 0 radical (unpaired) electrons. The van der Waals surface area contributed by atoms with Gasteiger partial charge in [0, 0.05) is 12.8 Å². The Kier molecular flexibility index (Phi) is 62.7. The molecule has 0 aromatic rings. The van der Waals surface area contributed by atoms with Crippen molar-refractivity contribution in [3.8, 4) is 0 Å². The number of carbonyl (C=O) groups excluding carboxylic acids is 2. The number of allylic oxidation sites excluding steroid dienone is 22. The molecule has 492 valence electrons. The first-order chi connectivity index (χ1) is 42.0. The molecule has 0 spiro atoms. The summed E-state index contributed by atoms with van der Waals surface area (Å²) in [6.45, 7) is 4.16. The van der Waals surface area contributed by atoms with Gasteiger partial charge in [-0.25, -0.2) is 4.57 Å². The molecule has 1 N–H and O–H groups in total. The summed E-state index contributed by atoms with van der Waals surface area (Å²) in [5, 5.41) is 0.